The molecule has 11 atom stereocenters. The van der Waals surface area contributed by atoms with Gasteiger partial charge in [0.15, 0.2) is 29.1 Å². The number of anilines is 1. The zero-order valence-electron chi connectivity index (χ0n) is 36.1. The summed E-state index contributed by atoms with van der Waals surface area (Å²) >= 11 is 0. The van der Waals surface area contributed by atoms with Crippen LogP contribution in [0.3, 0.4) is 0 Å². The molecule has 2 aromatic rings. The summed E-state index contributed by atoms with van der Waals surface area (Å²) in [6.07, 6.45) is 4.73. The molecular weight excluding hydrogens is 828 g/mol. The number of hydrogen-bond donors (Lipinski definition) is 5. The lowest BCUT2D eigenvalue weighted by molar-refractivity contribution is -0.231. The number of fused-ring (bicyclic) bond motifs is 7. The van der Waals surface area contributed by atoms with Crippen molar-refractivity contribution < 1.29 is 57.6 Å². The fourth-order valence-corrected chi connectivity index (χ4v) is 11.4. The molecule has 16 heteroatoms. The number of Topliss-reactive ketones (excluding diaryl/α,β-unsaturated/α-hetero) is 1. The molecule has 2 heterocycles. The molecule has 4 aliphatic carbocycles. The van der Waals surface area contributed by atoms with Crippen LogP contribution in [-0.2, 0) is 49.5 Å². The maximum atomic E-state index is 17.8. The third-order valence-electron chi connectivity index (χ3n) is 14.8. The van der Waals surface area contributed by atoms with Gasteiger partial charge in [-0.25, -0.2) is 4.39 Å². The summed E-state index contributed by atoms with van der Waals surface area (Å²) in [5.74, 6) is -4.52. The minimum atomic E-state index is -2.10. The lowest BCUT2D eigenvalue weighted by atomic mass is 9.44. The number of allylic oxidation sites excluding steroid dienone is 4. The second-order valence-corrected chi connectivity index (χ2v) is 18.4. The summed E-state index contributed by atoms with van der Waals surface area (Å²) in [5.41, 5.74) is -2.42. The SMILES string of the molecule is C[C@H](NC(=O)CCN1C(=O)C=CC1=O)C(=O)N[C@@H](C)C(=O)Nc1ccc(Cc2cccc([C@@H]3O[C@@H]4C[C@H]5[C@@H]6CCC7=CC(=O)C=C[C@]7(C)[C@@]6(F)[C@@H](O)C[C@]5(C)[C@]4(C(=O)CO)O3)c2)cc1. The molecular formula is C48H53FN4O11. The van der Waals surface area contributed by atoms with E-state index in [1.54, 1.807) is 25.1 Å². The Hall–Kier alpha value is -5.68. The fraction of sp³-hybridized carbons (Fsp3) is 0.479. The van der Waals surface area contributed by atoms with E-state index in [4.69, 9.17) is 9.47 Å². The number of hydrogen-bond acceptors (Lipinski definition) is 11. The van der Waals surface area contributed by atoms with Crippen molar-refractivity contribution in [1.82, 2.24) is 15.5 Å². The Kier molecular flexibility index (Phi) is 11.7. The first-order chi connectivity index (χ1) is 30.3. The third kappa shape index (κ3) is 7.33. The molecule has 2 aromatic carbocycles. The monoisotopic (exact) mass is 880 g/mol. The van der Waals surface area contributed by atoms with Crippen LogP contribution < -0.4 is 16.0 Å². The predicted octanol–water partition coefficient (Wildman–Crippen LogP) is 3.24. The van der Waals surface area contributed by atoms with Gasteiger partial charge in [0, 0.05) is 53.1 Å². The number of imide groups is 1. The maximum Gasteiger partial charge on any atom is 0.253 e. The normalized spacial score (nSPS) is 33.4. The first-order valence-corrected chi connectivity index (χ1v) is 21.7. The molecule has 6 aliphatic rings. The van der Waals surface area contributed by atoms with E-state index in [0.29, 0.717) is 36.1 Å². The van der Waals surface area contributed by atoms with Gasteiger partial charge in [0.25, 0.3) is 11.8 Å². The van der Waals surface area contributed by atoms with Gasteiger partial charge in [0.2, 0.25) is 17.7 Å². The van der Waals surface area contributed by atoms with E-state index in [0.717, 1.165) is 28.2 Å². The van der Waals surface area contributed by atoms with Gasteiger partial charge in [-0.05, 0) is 94.2 Å². The quantitative estimate of drug-likeness (QED) is 0.184. The van der Waals surface area contributed by atoms with Crippen LogP contribution in [0.25, 0.3) is 0 Å². The van der Waals surface area contributed by atoms with Crippen LogP contribution in [-0.4, -0.2) is 105 Å². The lowest BCUT2D eigenvalue weighted by Crippen LogP contribution is -2.69. The molecule has 5 amide bonds. The standard InChI is InChI=1S/C48H53FN4O11/c1-26(50-39(58)17-19-53-40(59)14-15-41(53)60)42(61)51-27(2)43(62)52-32-11-8-28(9-12-32)20-29-6-5-7-30(21-29)44-63-38-23-35-34-13-10-31-22-33(55)16-18-45(31,3)47(34,49)36(56)24-46(35,4)48(38,64-44)37(57)25-54/h5-9,11-12,14-16,18,21-22,26-27,34-36,38,44,54,56H,10,13,17,19-20,23-25H2,1-4H3,(H,50,58)(H,51,61)(H,52,62)/t26-,27-,34-,35-,36-,38+,44+,45-,46-,47-,48+/m0/s1. The zero-order valence-corrected chi connectivity index (χ0v) is 36.1. The summed E-state index contributed by atoms with van der Waals surface area (Å²) in [4.78, 5) is 88.6. The van der Waals surface area contributed by atoms with Crippen LogP contribution in [0.15, 0.2) is 84.5 Å². The Morgan fingerprint density at radius 1 is 0.922 bits per heavy atom. The van der Waals surface area contributed by atoms with Crippen LogP contribution >= 0.6 is 0 Å². The number of alkyl halides is 1. The molecule has 0 unspecified atom stereocenters. The minimum absolute atomic E-state index is 0.106. The minimum Gasteiger partial charge on any atom is -0.390 e. The Morgan fingerprint density at radius 2 is 1.62 bits per heavy atom. The number of ketones is 2. The second kappa shape index (κ2) is 16.7. The molecule has 0 radical (unpaired) electrons. The predicted molar refractivity (Wildman–Crippen MR) is 227 cm³/mol. The van der Waals surface area contributed by atoms with Crippen LogP contribution in [0.2, 0.25) is 0 Å². The van der Waals surface area contributed by atoms with Gasteiger partial charge < -0.3 is 35.6 Å². The fourth-order valence-electron chi connectivity index (χ4n) is 11.4. The number of amides is 5. The topological polar surface area (TPSA) is 218 Å². The molecule has 5 N–H and O–H groups in total. The first kappa shape index (κ1) is 44.9. The average Bonchev–Trinajstić information content (AvgIpc) is 3.89. The highest BCUT2D eigenvalue weighted by Crippen LogP contribution is 2.72. The van der Waals surface area contributed by atoms with Crippen LogP contribution in [0.5, 0.6) is 0 Å². The van der Waals surface area contributed by atoms with E-state index in [9.17, 15) is 43.8 Å². The number of nitrogens with zero attached hydrogens (tertiary/aromatic N) is 1. The Bertz CT molecular complexity index is 2380. The molecule has 338 valence electrons. The lowest BCUT2D eigenvalue weighted by Gasteiger charge is -2.62. The largest absolute Gasteiger partial charge is 0.390 e. The second-order valence-electron chi connectivity index (χ2n) is 18.4. The summed E-state index contributed by atoms with van der Waals surface area (Å²) in [5, 5.41) is 30.1. The van der Waals surface area contributed by atoms with E-state index in [1.165, 1.54) is 26.0 Å². The van der Waals surface area contributed by atoms with Crippen LogP contribution in [0.1, 0.15) is 82.8 Å². The highest BCUT2D eigenvalue weighted by Gasteiger charge is 2.79. The van der Waals surface area contributed by atoms with E-state index < -0.39 is 106 Å². The highest BCUT2D eigenvalue weighted by molar-refractivity contribution is 6.13. The number of rotatable bonds is 13. The van der Waals surface area contributed by atoms with Gasteiger partial charge in [0.1, 0.15) is 18.7 Å². The maximum absolute atomic E-state index is 17.8. The Balaban J connectivity index is 0.881. The zero-order chi connectivity index (χ0) is 45.9. The van der Waals surface area contributed by atoms with Crippen LogP contribution in [0.4, 0.5) is 10.1 Å². The Labute approximate surface area is 369 Å². The molecule has 15 nitrogen and oxygen atoms in total. The molecule has 64 heavy (non-hydrogen) atoms. The molecule has 8 rings (SSSR count). The first-order valence-electron chi connectivity index (χ1n) is 21.7. The van der Waals surface area contributed by atoms with Gasteiger partial charge >= 0.3 is 0 Å². The third-order valence-corrected chi connectivity index (χ3v) is 14.8. The number of nitrogens with one attached hydrogen (secondary N) is 3. The molecule has 0 bridgehead atoms. The van der Waals surface area contributed by atoms with E-state index in [-0.39, 0.29) is 31.6 Å². The van der Waals surface area contributed by atoms with Gasteiger partial charge in [-0.15, -0.1) is 0 Å². The number of carbonyl (C=O) groups excluding carboxylic acids is 7. The molecule has 1 saturated heterocycles. The average molecular weight is 881 g/mol. The van der Waals surface area contributed by atoms with Gasteiger partial charge in [-0.1, -0.05) is 55.0 Å². The smallest absolute Gasteiger partial charge is 0.253 e. The number of ether oxygens (including phenoxy) is 2. The molecule has 2 aliphatic heterocycles. The van der Waals surface area contributed by atoms with E-state index >= 15 is 4.39 Å². The van der Waals surface area contributed by atoms with Crippen molar-refractivity contribution in [3.8, 4) is 0 Å². The van der Waals surface area contributed by atoms with Crippen molar-refractivity contribution in [2.45, 2.75) is 108 Å². The number of benzene rings is 2. The molecule has 3 saturated carbocycles. The van der Waals surface area contributed by atoms with Crippen molar-refractivity contribution >= 4 is 46.8 Å². The molecule has 4 fully saturated rings. The van der Waals surface area contributed by atoms with E-state index in [2.05, 4.69) is 16.0 Å². The molecule has 0 aromatic heterocycles. The number of halogens is 1. The van der Waals surface area contributed by atoms with Crippen LogP contribution in [0, 0.1) is 22.7 Å². The summed E-state index contributed by atoms with van der Waals surface area (Å²) in [7, 11) is 0. The number of aliphatic hydroxyl groups excluding tert-OH is 2. The van der Waals surface area contributed by atoms with Crippen molar-refractivity contribution in [3.63, 3.8) is 0 Å². The van der Waals surface area contributed by atoms with Crippen molar-refractivity contribution in [3.05, 3.63) is 101 Å². The van der Waals surface area contributed by atoms with Crippen molar-refractivity contribution in [1.29, 1.82) is 0 Å². The summed E-state index contributed by atoms with van der Waals surface area (Å²) in [6, 6.07) is 12.7. The summed E-state index contributed by atoms with van der Waals surface area (Å²) < 4.78 is 31.0. The highest BCUT2D eigenvalue weighted by atomic mass is 19.1. The van der Waals surface area contributed by atoms with Crippen molar-refractivity contribution in [2.24, 2.45) is 22.7 Å². The number of aliphatic hydroxyl groups is 2. The van der Waals surface area contributed by atoms with E-state index in [1.807, 2.05) is 43.3 Å². The van der Waals surface area contributed by atoms with Gasteiger partial charge in [-0.2, -0.15) is 0 Å². The summed E-state index contributed by atoms with van der Waals surface area (Å²) in [6.45, 7) is 5.60. The Morgan fingerprint density at radius 3 is 2.33 bits per heavy atom. The number of carbonyl (C=O) groups is 7. The van der Waals surface area contributed by atoms with Gasteiger partial charge in [-0.3, -0.25) is 38.5 Å². The van der Waals surface area contributed by atoms with Crippen molar-refractivity contribution in [2.75, 3.05) is 18.5 Å². The van der Waals surface area contributed by atoms with Gasteiger partial charge in [0.05, 0.1) is 12.2 Å². The molecule has 0 spiro atoms.